The quantitative estimate of drug-likeness (QED) is 0.457. The molecular formula is C18H33NO4. The summed E-state index contributed by atoms with van der Waals surface area (Å²) >= 11 is 0. The number of amides is 1. The minimum absolute atomic E-state index is 0.172. The third-order valence-electron chi connectivity index (χ3n) is 4.38. The van der Waals surface area contributed by atoms with Gasteiger partial charge >= 0.3 is 5.97 Å². The maximum absolute atomic E-state index is 12.6. The Labute approximate surface area is 140 Å². The highest BCUT2D eigenvalue weighted by Gasteiger charge is 2.21. The number of carbonyl (C=O) groups is 2. The van der Waals surface area contributed by atoms with Crippen LogP contribution in [0, 0.1) is 5.92 Å². The van der Waals surface area contributed by atoms with Crippen LogP contribution in [-0.2, 0) is 19.1 Å². The van der Waals surface area contributed by atoms with Crippen molar-refractivity contribution in [2.45, 2.75) is 71.3 Å². The second-order valence-electron chi connectivity index (χ2n) is 6.69. The molecule has 0 unspecified atom stereocenters. The molecule has 0 aromatic heterocycles. The highest BCUT2D eigenvalue weighted by Crippen LogP contribution is 2.26. The largest absolute Gasteiger partial charge is 0.469 e. The van der Waals surface area contributed by atoms with Crippen molar-refractivity contribution in [1.29, 1.82) is 0 Å². The first-order valence-corrected chi connectivity index (χ1v) is 8.99. The van der Waals surface area contributed by atoms with Crippen LogP contribution in [0.15, 0.2) is 0 Å². The molecule has 1 aliphatic carbocycles. The van der Waals surface area contributed by atoms with E-state index in [9.17, 15) is 9.59 Å². The van der Waals surface area contributed by atoms with Crippen molar-refractivity contribution in [2.24, 2.45) is 5.92 Å². The first-order valence-electron chi connectivity index (χ1n) is 8.99. The summed E-state index contributed by atoms with van der Waals surface area (Å²) in [6.07, 6.45) is 7.98. The Morgan fingerprint density at radius 1 is 1.13 bits per heavy atom. The molecule has 0 bridgehead atoms. The molecule has 1 fully saturated rings. The highest BCUT2D eigenvalue weighted by atomic mass is 16.5. The van der Waals surface area contributed by atoms with Crippen LogP contribution in [0.5, 0.6) is 0 Å². The van der Waals surface area contributed by atoms with E-state index < -0.39 is 0 Å². The number of rotatable bonds is 10. The Kier molecular flexibility index (Phi) is 9.92. The minimum atomic E-state index is -0.265. The number of hydrogen-bond donors (Lipinski definition) is 0. The van der Waals surface area contributed by atoms with Crippen molar-refractivity contribution in [2.75, 3.05) is 26.8 Å². The molecule has 0 radical (unpaired) electrons. The Morgan fingerprint density at radius 2 is 1.83 bits per heavy atom. The lowest BCUT2D eigenvalue weighted by atomic mass is 9.86. The zero-order valence-electron chi connectivity index (χ0n) is 15.0. The zero-order chi connectivity index (χ0) is 17.1. The molecule has 0 spiro atoms. The van der Waals surface area contributed by atoms with Gasteiger partial charge < -0.3 is 14.4 Å². The van der Waals surface area contributed by atoms with E-state index in [2.05, 4.69) is 4.74 Å². The molecule has 134 valence electrons. The highest BCUT2D eigenvalue weighted by molar-refractivity contribution is 5.77. The monoisotopic (exact) mass is 327 g/mol. The fraction of sp³-hybridized carbons (Fsp3) is 0.889. The number of nitrogens with zero attached hydrogens (tertiary/aromatic N) is 1. The summed E-state index contributed by atoms with van der Waals surface area (Å²) < 4.78 is 10.2. The SMILES string of the molecule is COC(=O)CCN(CCCOC(C)C)C(=O)CC1CCCCC1. The van der Waals surface area contributed by atoms with E-state index in [1.165, 1.54) is 26.4 Å². The van der Waals surface area contributed by atoms with Gasteiger partial charge in [0.2, 0.25) is 5.91 Å². The van der Waals surface area contributed by atoms with Crippen LogP contribution < -0.4 is 0 Å². The van der Waals surface area contributed by atoms with Crippen molar-refractivity contribution in [3.8, 4) is 0 Å². The smallest absolute Gasteiger partial charge is 0.307 e. The average molecular weight is 327 g/mol. The predicted octanol–water partition coefficient (Wildman–Crippen LogP) is 3.16. The van der Waals surface area contributed by atoms with E-state index in [1.807, 2.05) is 18.7 Å². The van der Waals surface area contributed by atoms with Gasteiger partial charge in [-0.05, 0) is 39.0 Å². The van der Waals surface area contributed by atoms with Gasteiger partial charge in [-0.15, -0.1) is 0 Å². The van der Waals surface area contributed by atoms with Crippen molar-refractivity contribution >= 4 is 11.9 Å². The molecular weight excluding hydrogens is 294 g/mol. The number of esters is 1. The van der Waals surface area contributed by atoms with Crippen molar-refractivity contribution < 1.29 is 19.1 Å². The average Bonchev–Trinajstić information content (AvgIpc) is 2.54. The van der Waals surface area contributed by atoms with Crippen molar-refractivity contribution in [3.63, 3.8) is 0 Å². The zero-order valence-corrected chi connectivity index (χ0v) is 15.0. The lowest BCUT2D eigenvalue weighted by molar-refractivity contribution is -0.142. The van der Waals surface area contributed by atoms with E-state index in [0.717, 1.165) is 19.3 Å². The molecule has 0 atom stereocenters. The van der Waals surface area contributed by atoms with Crippen LogP contribution in [0.4, 0.5) is 0 Å². The minimum Gasteiger partial charge on any atom is -0.469 e. The van der Waals surface area contributed by atoms with Gasteiger partial charge in [-0.25, -0.2) is 0 Å². The van der Waals surface area contributed by atoms with Gasteiger partial charge in [-0.1, -0.05) is 19.3 Å². The van der Waals surface area contributed by atoms with Gasteiger partial charge in [0.15, 0.2) is 0 Å². The van der Waals surface area contributed by atoms with Crippen molar-refractivity contribution in [3.05, 3.63) is 0 Å². The van der Waals surface area contributed by atoms with E-state index in [4.69, 9.17) is 4.74 Å². The van der Waals surface area contributed by atoms with E-state index >= 15 is 0 Å². The van der Waals surface area contributed by atoms with Crippen LogP contribution in [0.25, 0.3) is 0 Å². The topological polar surface area (TPSA) is 55.8 Å². The van der Waals surface area contributed by atoms with Gasteiger partial charge in [0, 0.05) is 26.1 Å². The predicted molar refractivity (Wildman–Crippen MR) is 90.1 cm³/mol. The molecule has 0 aromatic carbocycles. The van der Waals surface area contributed by atoms with Crippen molar-refractivity contribution in [1.82, 2.24) is 4.90 Å². The maximum Gasteiger partial charge on any atom is 0.307 e. The normalized spacial score (nSPS) is 15.7. The Morgan fingerprint density at radius 3 is 2.43 bits per heavy atom. The third-order valence-corrected chi connectivity index (χ3v) is 4.38. The lowest BCUT2D eigenvalue weighted by Gasteiger charge is -2.27. The fourth-order valence-electron chi connectivity index (χ4n) is 3.03. The summed E-state index contributed by atoms with van der Waals surface area (Å²) in [6.45, 7) is 5.74. The molecule has 5 nitrogen and oxygen atoms in total. The van der Waals surface area contributed by atoms with E-state index in [0.29, 0.717) is 32.0 Å². The maximum atomic E-state index is 12.6. The fourth-order valence-corrected chi connectivity index (χ4v) is 3.03. The first-order chi connectivity index (χ1) is 11.0. The Balaban J connectivity index is 2.43. The molecule has 0 heterocycles. The van der Waals surface area contributed by atoms with Gasteiger partial charge in [-0.2, -0.15) is 0 Å². The second kappa shape index (κ2) is 11.4. The van der Waals surface area contributed by atoms with E-state index in [1.54, 1.807) is 0 Å². The lowest BCUT2D eigenvalue weighted by Crippen LogP contribution is -2.36. The Hall–Kier alpha value is -1.10. The molecule has 5 heteroatoms. The summed E-state index contributed by atoms with van der Waals surface area (Å²) in [5.41, 5.74) is 0. The third kappa shape index (κ3) is 8.94. The van der Waals surface area contributed by atoms with Gasteiger partial charge in [0.05, 0.1) is 19.6 Å². The molecule has 1 aliphatic rings. The summed E-state index contributed by atoms with van der Waals surface area (Å²) in [5, 5.41) is 0. The molecule has 1 rings (SSSR count). The molecule has 0 N–H and O–H groups in total. The molecule has 0 aromatic rings. The summed E-state index contributed by atoms with van der Waals surface area (Å²) in [7, 11) is 1.38. The van der Waals surface area contributed by atoms with Gasteiger partial charge in [-0.3, -0.25) is 9.59 Å². The second-order valence-corrected chi connectivity index (χ2v) is 6.69. The first kappa shape index (κ1) is 19.9. The number of carbonyl (C=O) groups excluding carboxylic acids is 2. The molecule has 0 saturated heterocycles. The van der Waals surface area contributed by atoms with Crippen LogP contribution >= 0.6 is 0 Å². The van der Waals surface area contributed by atoms with E-state index in [-0.39, 0.29) is 24.4 Å². The van der Waals surface area contributed by atoms with Crippen LogP contribution in [-0.4, -0.2) is 49.7 Å². The van der Waals surface area contributed by atoms with Crippen LogP contribution in [0.1, 0.15) is 65.2 Å². The number of methoxy groups -OCH3 is 1. The number of hydrogen-bond acceptors (Lipinski definition) is 4. The molecule has 23 heavy (non-hydrogen) atoms. The standard InChI is InChI=1S/C18H33NO4/c1-15(2)23-13-7-11-19(12-10-18(21)22-3)17(20)14-16-8-5-4-6-9-16/h15-16H,4-14H2,1-3H3. The summed E-state index contributed by atoms with van der Waals surface area (Å²) in [6, 6.07) is 0. The summed E-state index contributed by atoms with van der Waals surface area (Å²) in [5.74, 6) is 0.424. The molecule has 1 amide bonds. The summed E-state index contributed by atoms with van der Waals surface area (Å²) in [4.78, 5) is 25.8. The number of ether oxygens (including phenoxy) is 2. The Bertz CT molecular complexity index is 351. The molecule has 1 saturated carbocycles. The van der Waals surface area contributed by atoms with Gasteiger partial charge in [0.1, 0.15) is 0 Å². The van der Waals surface area contributed by atoms with Crippen LogP contribution in [0.3, 0.4) is 0 Å². The van der Waals surface area contributed by atoms with Gasteiger partial charge in [0.25, 0.3) is 0 Å². The van der Waals surface area contributed by atoms with Crippen LogP contribution in [0.2, 0.25) is 0 Å². The molecule has 0 aliphatic heterocycles.